The lowest BCUT2D eigenvalue weighted by atomic mass is 10.2. The summed E-state index contributed by atoms with van der Waals surface area (Å²) < 4.78 is 4.90. The van der Waals surface area contributed by atoms with Gasteiger partial charge in [0.1, 0.15) is 0 Å². The van der Waals surface area contributed by atoms with Gasteiger partial charge in [-0.15, -0.1) is 0 Å². The Hall–Kier alpha value is -0.950. The van der Waals surface area contributed by atoms with Crippen LogP contribution >= 0.6 is 11.8 Å². The zero-order valence-electron chi connectivity index (χ0n) is 10.6. The summed E-state index contributed by atoms with van der Waals surface area (Å²) in [5, 5.41) is 11.6. The van der Waals surface area contributed by atoms with Crippen molar-refractivity contribution in [3.63, 3.8) is 0 Å². The second-order valence-corrected chi connectivity index (χ2v) is 5.25. The van der Waals surface area contributed by atoms with E-state index in [9.17, 15) is 9.59 Å². The minimum atomic E-state index is -0.861. The molecule has 0 aromatic rings. The van der Waals surface area contributed by atoms with Crippen LogP contribution in [0.1, 0.15) is 12.8 Å². The molecule has 0 saturated carbocycles. The Morgan fingerprint density at radius 3 is 3.00 bits per heavy atom. The van der Waals surface area contributed by atoms with Gasteiger partial charge in [-0.25, -0.2) is 4.79 Å². The fraction of sp³-hybridized carbons (Fsp3) is 0.818. The first-order chi connectivity index (χ1) is 8.65. The van der Waals surface area contributed by atoms with Crippen LogP contribution < -0.4 is 5.32 Å². The maximum absolute atomic E-state index is 11.9. The van der Waals surface area contributed by atoms with E-state index in [0.29, 0.717) is 25.4 Å². The van der Waals surface area contributed by atoms with Crippen LogP contribution in [0.15, 0.2) is 0 Å². The molecule has 1 rings (SSSR count). The van der Waals surface area contributed by atoms with Gasteiger partial charge in [-0.3, -0.25) is 4.79 Å². The number of carbonyl (C=O) groups excluding carboxylic acids is 1. The number of carboxylic acids is 1. The van der Waals surface area contributed by atoms with Gasteiger partial charge in [-0.05, 0) is 6.42 Å². The largest absolute Gasteiger partial charge is 0.481 e. The average molecular weight is 276 g/mol. The van der Waals surface area contributed by atoms with E-state index in [4.69, 9.17) is 9.84 Å². The quantitative estimate of drug-likeness (QED) is 0.695. The Bertz CT molecular complexity index is 288. The highest BCUT2D eigenvalue weighted by Crippen LogP contribution is 2.18. The Morgan fingerprint density at radius 1 is 1.56 bits per heavy atom. The molecule has 0 spiro atoms. The Kier molecular flexibility index (Phi) is 6.89. The van der Waals surface area contributed by atoms with Gasteiger partial charge in [0.05, 0.1) is 12.5 Å². The standard InChI is InChI=1S/C11H20N2O4S/c1-17-5-2-3-12-11(16)13-4-6-18-8-9(13)7-10(14)15/h9H,2-8H2,1H3,(H,12,16)(H,14,15). The van der Waals surface area contributed by atoms with Crippen molar-refractivity contribution in [3.8, 4) is 0 Å². The maximum Gasteiger partial charge on any atom is 0.317 e. The SMILES string of the molecule is COCCCNC(=O)N1CCSCC1CC(=O)O. The van der Waals surface area contributed by atoms with Crippen molar-refractivity contribution >= 4 is 23.8 Å². The summed E-state index contributed by atoms with van der Waals surface area (Å²) in [6.07, 6.45) is 0.771. The predicted molar refractivity (Wildman–Crippen MR) is 70.0 cm³/mol. The van der Waals surface area contributed by atoms with Crippen LogP contribution in [0.5, 0.6) is 0 Å². The topological polar surface area (TPSA) is 78.9 Å². The highest BCUT2D eigenvalue weighted by molar-refractivity contribution is 7.99. The predicted octanol–water partition coefficient (Wildman–Crippen LogP) is 0.625. The van der Waals surface area contributed by atoms with E-state index in [1.54, 1.807) is 23.8 Å². The number of carboxylic acid groups (broad SMARTS) is 1. The Balaban J connectivity index is 2.39. The van der Waals surface area contributed by atoms with E-state index in [2.05, 4.69) is 5.32 Å². The van der Waals surface area contributed by atoms with E-state index in [-0.39, 0.29) is 18.5 Å². The summed E-state index contributed by atoms with van der Waals surface area (Å²) in [5.74, 6) is 0.694. The fourth-order valence-electron chi connectivity index (χ4n) is 1.81. The number of urea groups is 1. The molecule has 2 amide bonds. The number of rotatable bonds is 6. The minimum Gasteiger partial charge on any atom is -0.481 e. The first kappa shape index (κ1) is 15.1. The van der Waals surface area contributed by atoms with E-state index >= 15 is 0 Å². The van der Waals surface area contributed by atoms with Gasteiger partial charge in [-0.1, -0.05) is 0 Å². The van der Waals surface area contributed by atoms with Gasteiger partial charge in [0, 0.05) is 38.3 Å². The second kappa shape index (κ2) is 8.20. The van der Waals surface area contributed by atoms with Crippen molar-refractivity contribution < 1.29 is 19.4 Å². The van der Waals surface area contributed by atoms with Crippen molar-refractivity contribution in [2.45, 2.75) is 18.9 Å². The third-order valence-electron chi connectivity index (χ3n) is 2.70. The molecule has 0 aromatic heterocycles. The van der Waals surface area contributed by atoms with Crippen molar-refractivity contribution in [3.05, 3.63) is 0 Å². The van der Waals surface area contributed by atoms with Gasteiger partial charge in [0.2, 0.25) is 0 Å². The van der Waals surface area contributed by atoms with Gasteiger partial charge in [-0.2, -0.15) is 11.8 Å². The summed E-state index contributed by atoms with van der Waals surface area (Å²) in [4.78, 5) is 24.3. The van der Waals surface area contributed by atoms with E-state index in [0.717, 1.165) is 12.2 Å². The van der Waals surface area contributed by atoms with Gasteiger partial charge >= 0.3 is 12.0 Å². The van der Waals surface area contributed by atoms with Crippen LogP contribution in [0.4, 0.5) is 4.79 Å². The molecule has 1 fully saturated rings. The number of thioether (sulfide) groups is 1. The van der Waals surface area contributed by atoms with Crippen molar-refractivity contribution in [1.29, 1.82) is 0 Å². The van der Waals surface area contributed by atoms with Crippen LogP contribution in [0.3, 0.4) is 0 Å². The summed E-state index contributed by atoms with van der Waals surface area (Å²) in [5.41, 5.74) is 0. The first-order valence-corrected chi connectivity index (χ1v) is 7.13. The van der Waals surface area contributed by atoms with E-state index in [1.165, 1.54) is 0 Å². The van der Waals surface area contributed by atoms with Crippen LogP contribution in [-0.4, -0.2) is 66.4 Å². The molecule has 7 heteroatoms. The molecule has 0 bridgehead atoms. The van der Waals surface area contributed by atoms with Gasteiger partial charge in [0.25, 0.3) is 0 Å². The summed E-state index contributed by atoms with van der Waals surface area (Å²) in [6.45, 7) is 1.77. The van der Waals surface area contributed by atoms with Crippen molar-refractivity contribution in [1.82, 2.24) is 10.2 Å². The van der Waals surface area contributed by atoms with Crippen LogP contribution in [0, 0.1) is 0 Å². The number of hydrogen-bond acceptors (Lipinski definition) is 4. The van der Waals surface area contributed by atoms with Crippen molar-refractivity contribution in [2.24, 2.45) is 0 Å². The summed E-state index contributed by atoms with van der Waals surface area (Å²) >= 11 is 1.69. The number of nitrogens with one attached hydrogen (secondary N) is 1. The summed E-state index contributed by atoms with van der Waals surface area (Å²) in [6, 6.07) is -0.374. The van der Waals surface area contributed by atoms with Crippen LogP contribution in [-0.2, 0) is 9.53 Å². The molecule has 1 saturated heterocycles. The Labute approximate surface area is 111 Å². The lowest BCUT2D eigenvalue weighted by molar-refractivity contribution is -0.137. The molecular formula is C11H20N2O4S. The molecule has 0 radical (unpaired) electrons. The minimum absolute atomic E-state index is 0.0124. The molecular weight excluding hydrogens is 256 g/mol. The fourth-order valence-corrected chi connectivity index (χ4v) is 2.87. The molecule has 18 heavy (non-hydrogen) atoms. The number of carbonyl (C=O) groups is 2. The monoisotopic (exact) mass is 276 g/mol. The third kappa shape index (κ3) is 5.14. The second-order valence-electron chi connectivity index (χ2n) is 4.10. The van der Waals surface area contributed by atoms with Crippen molar-refractivity contribution in [2.75, 3.05) is 38.3 Å². The molecule has 6 nitrogen and oxygen atoms in total. The number of methoxy groups -OCH3 is 1. The van der Waals surface area contributed by atoms with Gasteiger partial charge in [0.15, 0.2) is 0 Å². The van der Waals surface area contributed by atoms with Gasteiger partial charge < -0.3 is 20.1 Å². The average Bonchev–Trinajstić information content (AvgIpc) is 2.34. The third-order valence-corrected chi connectivity index (χ3v) is 3.79. The first-order valence-electron chi connectivity index (χ1n) is 5.98. The molecule has 0 aromatic carbocycles. The molecule has 1 unspecified atom stereocenters. The molecule has 0 aliphatic carbocycles. The highest BCUT2D eigenvalue weighted by Gasteiger charge is 2.28. The lowest BCUT2D eigenvalue weighted by Gasteiger charge is -2.34. The smallest absolute Gasteiger partial charge is 0.317 e. The van der Waals surface area contributed by atoms with E-state index < -0.39 is 5.97 Å². The molecule has 1 heterocycles. The summed E-state index contributed by atoms with van der Waals surface area (Å²) in [7, 11) is 1.62. The number of hydrogen-bond donors (Lipinski definition) is 2. The van der Waals surface area contributed by atoms with E-state index in [1.807, 2.05) is 0 Å². The molecule has 104 valence electrons. The lowest BCUT2D eigenvalue weighted by Crippen LogP contribution is -2.51. The molecule has 1 atom stereocenters. The Morgan fingerprint density at radius 2 is 2.33 bits per heavy atom. The number of aliphatic carboxylic acids is 1. The normalized spacial score (nSPS) is 19.6. The molecule has 1 aliphatic rings. The number of ether oxygens (including phenoxy) is 1. The molecule has 2 N–H and O–H groups in total. The zero-order valence-corrected chi connectivity index (χ0v) is 11.4. The number of nitrogens with zero attached hydrogens (tertiary/aromatic N) is 1. The van der Waals surface area contributed by atoms with Crippen LogP contribution in [0.2, 0.25) is 0 Å². The maximum atomic E-state index is 11.9. The highest BCUT2D eigenvalue weighted by atomic mass is 32.2. The number of amides is 2. The molecule has 1 aliphatic heterocycles. The van der Waals surface area contributed by atoms with Crippen LogP contribution in [0.25, 0.3) is 0 Å². The zero-order chi connectivity index (χ0) is 13.4.